The zero-order chi connectivity index (χ0) is 13.0. The minimum absolute atomic E-state index is 0.00262. The van der Waals surface area contributed by atoms with Crippen LogP contribution >= 0.6 is 23.2 Å². The highest BCUT2D eigenvalue weighted by Gasteiger charge is 2.14. The van der Waals surface area contributed by atoms with Crippen molar-refractivity contribution in [2.45, 2.75) is 12.3 Å². The molecule has 94 valence electrons. The Labute approximate surface area is 117 Å². The smallest absolute Gasteiger partial charge is 0.0503 e. The van der Waals surface area contributed by atoms with Crippen LogP contribution < -0.4 is 0 Å². The molecule has 2 aromatic rings. The predicted octanol–water partition coefficient (Wildman–Crippen LogP) is 4.31. The zero-order valence-electron chi connectivity index (χ0n) is 9.81. The molecule has 0 aliphatic heterocycles. The van der Waals surface area contributed by atoms with Crippen molar-refractivity contribution in [1.82, 2.24) is 0 Å². The van der Waals surface area contributed by atoms with Gasteiger partial charge in [0.15, 0.2) is 0 Å². The molecule has 0 aliphatic carbocycles. The van der Waals surface area contributed by atoms with Gasteiger partial charge in [-0.3, -0.25) is 0 Å². The molecule has 2 rings (SSSR count). The van der Waals surface area contributed by atoms with Crippen LogP contribution in [0.15, 0.2) is 48.5 Å². The summed E-state index contributed by atoms with van der Waals surface area (Å²) in [6.07, 6.45) is 0.763. The van der Waals surface area contributed by atoms with E-state index in [0.29, 0.717) is 10.0 Å². The van der Waals surface area contributed by atoms with E-state index >= 15 is 0 Å². The SMILES string of the molecule is OC[C@H](Cc1ccccc1)c1ccc(Cl)cc1Cl. The molecule has 0 saturated carbocycles. The van der Waals surface area contributed by atoms with Gasteiger partial charge < -0.3 is 5.11 Å². The van der Waals surface area contributed by atoms with Crippen LogP contribution in [0.4, 0.5) is 0 Å². The highest BCUT2D eigenvalue weighted by molar-refractivity contribution is 6.35. The van der Waals surface area contributed by atoms with E-state index in [1.807, 2.05) is 36.4 Å². The van der Waals surface area contributed by atoms with Crippen LogP contribution in [0.1, 0.15) is 17.0 Å². The van der Waals surface area contributed by atoms with Gasteiger partial charge in [0.25, 0.3) is 0 Å². The van der Waals surface area contributed by atoms with Gasteiger partial charge in [-0.1, -0.05) is 59.6 Å². The highest BCUT2D eigenvalue weighted by atomic mass is 35.5. The van der Waals surface area contributed by atoms with Crippen LogP contribution in [0.5, 0.6) is 0 Å². The first-order valence-corrected chi connectivity index (χ1v) is 6.56. The van der Waals surface area contributed by atoms with Crippen LogP contribution in [0.25, 0.3) is 0 Å². The van der Waals surface area contributed by atoms with Crippen molar-refractivity contribution in [3.05, 3.63) is 69.7 Å². The summed E-state index contributed by atoms with van der Waals surface area (Å²) in [5, 5.41) is 10.8. The molecule has 0 heterocycles. The lowest BCUT2D eigenvalue weighted by Gasteiger charge is -2.16. The third kappa shape index (κ3) is 3.26. The van der Waals surface area contributed by atoms with Gasteiger partial charge in [0.05, 0.1) is 6.61 Å². The molecule has 1 N–H and O–H groups in total. The Morgan fingerprint density at radius 1 is 1.00 bits per heavy atom. The van der Waals surface area contributed by atoms with E-state index in [2.05, 4.69) is 0 Å². The second-order valence-corrected chi connectivity index (χ2v) is 5.08. The molecule has 0 aliphatic rings. The number of aliphatic hydroxyl groups excluding tert-OH is 1. The summed E-state index contributed by atoms with van der Waals surface area (Å²) >= 11 is 12.1. The van der Waals surface area contributed by atoms with Gasteiger partial charge >= 0.3 is 0 Å². The molecule has 0 radical (unpaired) electrons. The minimum Gasteiger partial charge on any atom is -0.396 e. The number of halogens is 2. The highest BCUT2D eigenvalue weighted by Crippen LogP contribution is 2.29. The van der Waals surface area contributed by atoms with Gasteiger partial charge in [-0.05, 0) is 29.7 Å². The Bertz CT molecular complexity index is 511. The van der Waals surface area contributed by atoms with Crippen molar-refractivity contribution in [1.29, 1.82) is 0 Å². The average molecular weight is 281 g/mol. The maximum atomic E-state index is 9.54. The topological polar surface area (TPSA) is 20.2 Å². The van der Waals surface area contributed by atoms with Crippen molar-refractivity contribution in [2.24, 2.45) is 0 Å². The quantitative estimate of drug-likeness (QED) is 0.885. The van der Waals surface area contributed by atoms with E-state index in [9.17, 15) is 5.11 Å². The molecule has 0 unspecified atom stereocenters. The van der Waals surface area contributed by atoms with Gasteiger partial charge in [0.2, 0.25) is 0 Å². The Balaban J connectivity index is 2.23. The lowest BCUT2D eigenvalue weighted by atomic mass is 9.93. The third-order valence-electron chi connectivity index (χ3n) is 2.95. The molecule has 18 heavy (non-hydrogen) atoms. The predicted molar refractivity (Wildman–Crippen MR) is 76.4 cm³/mol. The Hall–Kier alpha value is -1.02. The lowest BCUT2D eigenvalue weighted by molar-refractivity contribution is 0.264. The summed E-state index contributed by atoms with van der Waals surface area (Å²) < 4.78 is 0. The fourth-order valence-corrected chi connectivity index (χ4v) is 2.57. The molecule has 3 heteroatoms. The summed E-state index contributed by atoms with van der Waals surface area (Å²) in [5.74, 6) is -0.00262. The van der Waals surface area contributed by atoms with Gasteiger partial charge in [-0.25, -0.2) is 0 Å². The summed E-state index contributed by atoms with van der Waals surface area (Å²) in [7, 11) is 0. The molecule has 1 atom stereocenters. The second-order valence-electron chi connectivity index (χ2n) is 4.24. The number of hydrogen-bond donors (Lipinski definition) is 1. The normalized spacial score (nSPS) is 12.4. The summed E-state index contributed by atoms with van der Waals surface area (Å²) in [4.78, 5) is 0. The zero-order valence-corrected chi connectivity index (χ0v) is 11.3. The standard InChI is InChI=1S/C15H14Cl2O/c16-13-6-7-14(15(17)9-13)12(10-18)8-11-4-2-1-3-5-11/h1-7,9,12,18H,8,10H2/t12-/m0/s1. The summed E-state index contributed by atoms with van der Waals surface area (Å²) in [6, 6.07) is 15.5. The largest absolute Gasteiger partial charge is 0.396 e. The number of hydrogen-bond acceptors (Lipinski definition) is 1. The fraction of sp³-hybridized carbons (Fsp3) is 0.200. The molecule has 0 aromatic heterocycles. The molecule has 0 amide bonds. The molecule has 0 bridgehead atoms. The van der Waals surface area contributed by atoms with E-state index < -0.39 is 0 Å². The first-order chi connectivity index (χ1) is 8.70. The molecular weight excluding hydrogens is 267 g/mol. The van der Waals surface area contributed by atoms with E-state index in [0.717, 1.165) is 12.0 Å². The van der Waals surface area contributed by atoms with E-state index in [4.69, 9.17) is 23.2 Å². The maximum Gasteiger partial charge on any atom is 0.0503 e. The van der Waals surface area contributed by atoms with Crippen LogP contribution in [0, 0.1) is 0 Å². The van der Waals surface area contributed by atoms with Gasteiger partial charge in [-0.15, -0.1) is 0 Å². The Morgan fingerprint density at radius 3 is 2.33 bits per heavy atom. The van der Waals surface area contributed by atoms with Gasteiger partial charge in [0, 0.05) is 16.0 Å². The summed E-state index contributed by atoms with van der Waals surface area (Å²) in [6.45, 7) is 0.0657. The van der Waals surface area contributed by atoms with E-state index in [1.54, 1.807) is 12.1 Å². The van der Waals surface area contributed by atoms with Crippen molar-refractivity contribution in [3.63, 3.8) is 0 Å². The Kier molecular flexibility index (Phi) is 4.65. The van der Waals surface area contributed by atoms with Crippen LogP contribution in [0.3, 0.4) is 0 Å². The first kappa shape index (κ1) is 13.4. The number of rotatable bonds is 4. The van der Waals surface area contributed by atoms with Crippen LogP contribution in [0.2, 0.25) is 10.0 Å². The summed E-state index contributed by atoms with van der Waals surface area (Å²) in [5.41, 5.74) is 2.12. The third-order valence-corrected chi connectivity index (χ3v) is 3.51. The Morgan fingerprint density at radius 2 is 1.72 bits per heavy atom. The van der Waals surface area contributed by atoms with Crippen molar-refractivity contribution in [3.8, 4) is 0 Å². The molecular formula is C15H14Cl2O. The van der Waals surface area contributed by atoms with Gasteiger partial charge in [-0.2, -0.15) is 0 Å². The lowest BCUT2D eigenvalue weighted by Crippen LogP contribution is -2.08. The maximum absolute atomic E-state index is 9.54. The molecule has 0 saturated heterocycles. The van der Waals surface area contributed by atoms with Crippen LogP contribution in [-0.4, -0.2) is 11.7 Å². The number of benzene rings is 2. The number of aliphatic hydroxyl groups is 1. The second kappa shape index (κ2) is 6.24. The van der Waals surface area contributed by atoms with Crippen molar-refractivity contribution >= 4 is 23.2 Å². The van der Waals surface area contributed by atoms with Crippen molar-refractivity contribution < 1.29 is 5.11 Å². The van der Waals surface area contributed by atoms with Crippen molar-refractivity contribution in [2.75, 3.05) is 6.61 Å². The fourth-order valence-electron chi connectivity index (χ4n) is 2.00. The minimum atomic E-state index is -0.00262. The van der Waals surface area contributed by atoms with Crippen LogP contribution in [-0.2, 0) is 6.42 Å². The molecule has 2 aromatic carbocycles. The van der Waals surface area contributed by atoms with Gasteiger partial charge in [0.1, 0.15) is 0 Å². The molecule has 1 nitrogen and oxygen atoms in total. The molecule has 0 fully saturated rings. The molecule has 0 spiro atoms. The average Bonchev–Trinajstić information content (AvgIpc) is 2.38. The van der Waals surface area contributed by atoms with E-state index in [1.165, 1.54) is 5.56 Å². The first-order valence-electron chi connectivity index (χ1n) is 5.80. The van der Waals surface area contributed by atoms with E-state index in [-0.39, 0.29) is 12.5 Å². The monoisotopic (exact) mass is 280 g/mol.